The second-order valence-corrected chi connectivity index (χ2v) is 13.5. The highest BCUT2D eigenvalue weighted by Crippen LogP contribution is 2.44. The molecular formula is C46H48N4. The summed E-state index contributed by atoms with van der Waals surface area (Å²) in [6.45, 7) is 0. The van der Waals surface area contributed by atoms with E-state index in [1.54, 1.807) is 6.20 Å². The summed E-state index contributed by atoms with van der Waals surface area (Å²) in [5.74, 6) is 0.324. The van der Waals surface area contributed by atoms with Gasteiger partial charge in [0.15, 0.2) is 0 Å². The van der Waals surface area contributed by atoms with Gasteiger partial charge in [-0.25, -0.2) is 0 Å². The number of nitrogens with one attached hydrogen (secondary N) is 1. The maximum atomic E-state index is 6.56. The number of rotatable bonds is 11. The van der Waals surface area contributed by atoms with Crippen LogP contribution in [0.25, 0.3) is 11.6 Å². The molecule has 0 radical (unpaired) electrons. The van der Waals surface area contributed by atoms with Crippen LogP contribution >= 0.6 is 0 Å². The summed E-state index contributed by atoms with van der Waals surface area (Å²) in [6, 6.07) is 21.4. The van der Waals surface area contributed by atoms with E-state index in [4.69, 9.17) is 11.5 Å². The number of nitrogens with two attached hydrogens (primary N) is 2. The second kappa shape index (κ2) is 16.0. The van der Waals surface area contributed by atoms with Crippen LogP contribution in [-0.2, 0) is 0 Å². The van der Waals surface area contributed by atoms with E-state index >= 15 is 0 Å². The summed E-state index contributed by atoms with van der Waals surface area (Å²) in [7, 11) is 0. The van der Waals surface area contributed by atoms with Crippen LogP contribution in [0.2, 0.25) is 0 Å². The number of hydrogen-bond donors (Lipinski definition) is 3. The Morgan fingerprint density at radius 3 is 2.56 bits per heavy atom. The van der Waals surface area contributed by atoms with Crippen molar-refractivity contribution >= 4 is 11.6 Å². The molecule has 4 unspecified atom stereocenters. The van der Waals surface area contributed by atoms with Gasteiger partial charge in [0, 0.05) is 29.6 Å². The maximum Gasteiger partial charge on any atom is 0.0620 e. The van der Waals surface area contributed by atoms with Crippen molar-refractivity contribution in [2.24, 2.45) is 17.4 Å². The average Bonchev–Trinajstić information content (AvgIpc) is 3.49. The van der Waals surface area contributed by atoms with Crippen molar-refractivity contribution in [2.45, 2.75) is 63.1 Å². The number of hydrogen-bond acceptors (Lipinski definition) is 4. The topological polar surface area (TPSA) is 67.3 Å². The fraction of sp³-hybridized carbons (Fsp3) is 0.239. The highest BCUT2D eigenvalue weighted by atomic mass is 15.2. The maximum absolute atomic E-state index is 6.56. The second-order valence-electron chi connectivity index (χ2n) is 13.5. The van der Waals surface area contributed by atoms with Crippen molar-refractivity contribution in [3.8, 4) is 0 Å². The van der Waals surface area contributed by atoms with E-state index in [1.165, 1.54) is 39.2 Å². The molecule has 0 saturated carbocycles. The highest BCUT2D eigenvalue weighted by Gasteiger charge is 2.38. The standard InChI is InChI=1S/C46H48N4/c47-33-38(20-14-17-34-15-4-1-5-16-34)43(48)24-12-13-30-50-45-25-11-10-23-40(45)42-32-37(27-29-46(42)50)36-26-28-44(49-39-21-8-3-9-22-39)41(31-36)35-18-6-2-7-19-35/h1-2,4-8,10,13,15-23,26-27,29-33,42-44,46,49H,3,9,11-12,24-25,28,47-48H2/b30-13+,38-33+. The molecule has 0 aromatic heterocycles. The van der Waals surface area contributed by atoms with Crippen molar-refractivity contribution < 1.29 is 0 Å². The lowest BCUT2D eigenvalue weighted by Gasteiger charge is -2.31. The summed E-state index contributed by atoms with van der Waals surface area (Å²) in [5, 5.41) is 3.84. The molecule has 4 heteroatoms. The first-order chi connectivity index (χ1) is 24.7. The number of nitrogens with zero attached hydrogens (tertiary/aromatic N) is 1. The first-order valence-corrected chi connectivity index (χ1v) is 18.2. The fourth-order valence-corrected chi connectivity index (χ4v) is 7.59. The lowest BCUT2D eigenvalue weighted by Crippen LogP contribution is -2.31. The van der Waals surface area contributed by atoms with E-state index in [0.717, 1.165) is 56.1 Å². The number of fused-ring (bicyclic) bond motifs is 2. The van der Waals surface area contributed by atoms with Crippen molar-refractivity contribution in [3.63, 3.8) is 0 Å². The van der Waals surface area contributed by atoms with E-state index in [0.29, 0.717) is 5.92 Å². The molecule has 1 heterocycles. The zero-order valence-corrected chi connectivity index (χ0v) is 28.8. The molecular weight excluding hydrogens is 609 g/mol. The minimum atomic E-state index is -0.150. The third-order valence-corrected chi connectivity index (χ3v) is 10.2. The van der Waals surface area contributed by atoms with E-state index in [9.17, 15) is 0 Å². The van der Waals surface area contributed by atoms with Gasteiger partial charge in [-0.1, -0.05) is 115 Å². The zero-order valence-electron chi connectivity index (χ0n) is 28.8. The third-order valence-electron chi connectivity index (χ3n) is 10.2. The van der Waals surface area contributed by atoms with E-state index in [-0.39, 0.29) is 18.1 Å². The molecule has 2 aromatic rings. The van der Waals surface area contributed by atoms with Crippen LogP contribution in [0.4, 0.5) is 0 Å². The van der Waals surface area contributed by atoms with Crippen molar-refractivity contribution in [2.75, 3.05) is 0 Å². The van der Waals surface area contributed by atoms with Gasteiger partial charge in [0.1, 0.15) is 0 Å². The molecule has 5 N–H and O–H groups in total. The molecule has 0 bridgehead atoms. The predicted octanol–water partition coefficient (Wildman–Crippen LogP) is 9.33. The van der Waals surface area contributed by atoms with E-state index in [2.05, 4.69) is 131 Å². The van der Waals surface area contributed by atoms with Gasteiger partial charge in [-0.15, -0.1) is 5.73 Å². The summed E-state index contributed by atoms with van der Waals surface area (Å²) >= 11 is 0. The first-order valence-electron chi connectivity index (χ1n) is 18.2. The largest absolute Gasteiger partial charge is 0.404 e. The summed E-state index contributed by atoms with van der Waals surface area (Å²) in [4.78, 5) is 2.51. The normalized spacial score (nSPS) is 23.3. The van der Waals surface area contributed by atoms with Crippen LogP contribution in [0.1, 0.15) is 56.1 Å². The Kier molecular flexibility index (Phi) is 10.6. The minimum absolute atomic E-state index is 0.150. The molecule has 0 fully saturated rings. The lowest BCUT2D eigenvalue weighted by molar-refractivity contribution is 0.382. The Balaban J connectivity index is 1.05. The van der Waals surface area contributed by atoms with Gasteiger partial charge in [-0.2, -0.15) is 0 Å². The van der Waals surface area contributed by atoms with Gasteiger partial charge in [0.2, 0.25) is 0 Å². The van der Waals surface area contributed by atoms with Gasteiger partial charge in [0.05, 0.1) is 12.1 Å². The predicted molar refractivity (Wildman–Crippen MR) is 210 cm³/mol. The third kappa shape index (κ3) is 7.63. The Morgan fingerprint density at radius 2 is 1.76 bits per heavy atom. The van der Waals surface area contributed by atoms with Crippen LogP contribution in [0, 0.1) is 5.92 Å². The van der Waals surface area contributed by atoms with E-state index in [1.807, 2.05) is 30.4 Å². The van der Waals surface area contributed by atoms with Crippen LogP contribution in [-0.4, -0.2) is 23.0 Å². The first kappa shape index (κ1) is 33.2. The number of benzene rings is 2. The zero-order chi connectivity index (χ0) is 34.1. The molecule has 0 spiro atoms. The monoisotopic (exact) mass is 656 g/mol. The van der Waals surface area contributed by atoms with E-state index < -0.39 is 0 Å². The molecule has 252 valence electrons. The molecule has 50 heavy (non-hydrogen) atoms. The highest BCUT2D eigenvalue weighted by molar-refractivity contribution is 5.76. The molecule has 4 atom stereocenters. The molecule has 4 aliphatic carbocycles. The summed E-state index contributed by atoms with van der Waals surface area (Å²) in [6.07, 6.45) is 40.7. The molecule has 2 aromatic carbocycles. The SMILES string of the molecule is N/C=C(\C=C=Cc1ccccc1)C(N)CC/C=C/N1C2=C(C=CCC2)C2C=C(C3=CCC(NC4=CCCC=C4)C(c4ccccc4)=C3)C=CC21. The quantitative estimate of drug-likeness (QED) is 0.167. The van der Waals surface area contributed by atoms with Gasteiger partial charge >= 0.3 is 0 Å². The van der Waals surface area contributed by atoms with Crippen LogP contribution in [0.5, 0.6) is 0 Å². The summed E-state index contributed by atoms with van der Waals surface area (Å²) in [5.41, 5.74) is 27.1. The van der Waals surface area contributed by atoms with Gasteiger partial charge in [-0.05, 0) is 114 Å². The molecule has 5 aliphatic rings. The Hall–Kier alpha value is -5.28. The lowest BCUT2D eigenvalue weighted by atomic mass is 9.81. The van der Waals surface area contributed by atoms with Gasteiger partial charge in [-0.3, -0.25) is 0 Å². The number of allylic oxidation sites excluding steroid dienone is 11. The molecule has 0 amide bonds. The molecule has 7 rings (SSSR count). The molecule has 4 nitrogen and oxygen atoms in total. The fourth-order valence-electron chi connectivity index (χ4n) is 7.59. The van der Waals surface area contributed by atoms with Crippen molar-refractivity contribution in [3.05, 3.63) is 197 Å². The minimum Gasteiger partial charge on any atom is -0.404 e. The van der Waals surface area contributed by atoms with Gasteiger partial charge < -0.3 is 21.7 Å². The van der Waals surface area contributed by atoms with Crippen LogP contribution < -0.4 is 16.8 Å². The Bertz CT molecular complexity index is 1920. The Morgan fingerprint density at radius 1 is 0.940 bits per heavy atom. The smallest absolute Gasteiger partial charge is 0.0620 e. The molecule has 0 saturated heterocycles. The van der Waals surface area contributed by atoms with Crippen molar-refractivity contribution in [1.82, 2.24) is 10.2 Å². The Labute approximate surface area is 298 Å². The average molecular weight is 657 g/mol. The van der Waals surface area contributed by atoms with Crippen LogP contribution in [0.3, 0.4) is 0 Å². The van der Waals surface area contributed by atoms with Crippen LogP contribution in [0.15, 0.2) is 185 Å². The van der Waals surface area contributed by atoms with Crippen molar-refractivity contribution in [1.29, 1.82) is 0 Å². The molecule has 1 aliphatic heterocycles. The summed E-state index contributed by atoms with van der Waals surface area (Å²) < 4.78 is 0. The van der Waals surface area contributed by atoms with Gasteiger partial charge in [0.25, 0.3) is 0 Å².